The van der Waals surface area contributed by atoms with Gasteiger partial charge in [0, 0.05) is 6.07 Å². The molecule has 0 radical (unpaired) electrons. The Bertz CT molecular complexity index is 520. The van der Waals surface area contributed by atoms with E-state index in [0.29, 0.717) is 5.92 Å². The zero-order valence-electron chi connectivity index (χ0n) is 11.2. The van der Waals surface area contributed by atoms with E-state index in [1.807, 2.05) is 0 Å². The highest BCUT2D eigenvalue weighted by Crippen LogP contribution is 2.32. The van der Waals surface area contributed by atoms with Crippen LogP contribution in [-0.4, -0.2) is 22.1 Å². The van der Waals surface area contributed by atoms with Crippen molar-refractivity contribution in [2.24, 2.45) is 5.92 Å². The lowest BCUT2D eigenvalue weighted by atomic mass is 9.89. The van der Waals surface area contributed by atoms with Gasteiger partial charge in [0.25, 0.3) is 5.69 Å². The van der Waals surface area contributed by atoms with Crippen LogP contribution in [0.2, 0.25) is 0 Å². The largest absolute Gasteiger partial charge is 0.489 e. The maximum absolute atomic E-state index is 11.3. The Hall–Kier alpha value is -2.11. The Morgan fingerprint density at radius 2 is 2.00 bits per heavy atom. The molecule has 0 aromatic heterocycles. The number of ether oxygens (including phenoxy) is 1. The van der Waals surface area contributed by atoms with Crippen molar-refractivity contribution in [3.05, 3.63) is 33.9 Å². The van der Waals surface area contributed by atoms with Crippen LogP contribution in [0.5, 0.6) is 5.75 Å². The minimum Gasteiger partial charge on any atom is -0.489 e. The van der Waals surface area contributed by atoms with Gasteiger partial charge in [0.2, 0.25) is 0 Å². The molecule has 108 valence electrons. The predicted molar refractivity (Wildman–Crippen MR) is 72.1 cm³/mol. The zero-order valence-corrected chi connectivity index (χ0v) is 11.2. The first-order chi connectivity index (χ1) is 9.49. The fraction of sp³-hybridized carbons (Fsp3) is 0.500. The first-order valence-corrected chi connectivity index (χ1v) is 6.66. The Labute approximate surface area is 116 Å². The van der Waals surface area contributed by atoms with Crippen molar-refractivity contribution in [1.29, 1.82) is 0 Å². The second-order valence-electron chi connectivity index (χ2n) is 5.21. The van der Waals surface area contributed by atoms with E-state index < -0.39 is 16.6 Å². The number of carbonyl (C=O) groups is 1. The second kappa shape index (κ2) is 5.90. The van der Waals surface area contributed by atoms with Gasteiger partial charge in [-0.1, -0.05) is 13.0 Å². The third-order valence-electron chi connectivity index (χ3n) is 3.67. The number of carboxylic acid groups (broad SMARTS) is 1. The summed E-state index contributed by atoms with van der Waals surface area (Å²) in [5, 5.41) is 20.1. The lowest BCUT2D eigenvalue weighted by Gasteiger charge is -2.27. The number of carboxylic acids is 1. The molecule has 6 heteroatoms. The monoisotopic (exact) mass is 279 g/mol. The highest BCUT2D eigenvalue weighted by Gasteiger charge is 2.27. The number of nitro groups is 1. The lowest BCUT2D eigenvalue weighted by Crippen LogP contribution is -2.24. The van der Waals surface area contributed by atoms with Crippen molar-refractivity contribution < 1.29 is 19.6 Å². The van der Waals surface area contributed by atoms with Crippen LogP contribution in [0.15, 0.2) is 18.2 Å². The van der Waals surface area contributed by atoms with Gasteiger partial charge in [-0.2, -0.15) is 0 Å². The van der Waals surface area contributed by atoms with E-state index in [9.17, 15) is 20.0 Å². The van der Waals surface area contributed by atoms with E-state index in [4.69, 9.17) is 4.74 Å². The molecule has 6 nitrogen and oxygen atoms in total. The van der Waals surface area contributed by atoms with Gasteiger partial charge in [-0.05, 0) is 37.7 Å². The van der Waals surface area contributed by atoms with Crippen molar-refractivity contribution in [1.82, 2.24) is 0 Å². The van der Waals surface area contributed by atoms with Crippen molar-refractivity contribution in [3.8, 4) is 5.75 Å². The number of benzene rings is 1. The molecule has 1 saturated carbocycles. The highest BCUT2D eigenvalue weighted by molar-refractivity contribution is 5.95. The third-order valence-corrected chi connectivity index (χ3v) is 3.67. The predicted octanol–water partition coefficient (Wildman–Crippen LogP) is 3.25. The Kier molecular flexibility index (Phi) is 4.22. The first kappa shape index (κ1) is 14.3. The van der Waals surface area contributed by atoms with Gasteiger partial charge in [-0.15, -0.1) is 0 Å². The average molecular weight is 279 g/mol. The summed E-state index contributed by atoms with van der Waals surface area (Å²) in [4.78, 5) is 21.5. The maximum atomic E-state index is 11.3. The number of nitro benzene ring substituents is 1. The highest BCUT2D eigenvalue weighted by atomic mass is 16.6. The molecule has 0 spiro atoms. The minimum absolute atomic E-state index is 0.0636. The molecule has 1 aromatic rings. The topological polar surface area (TPSA) is 89.7 Å². The van der Waals surface area contributed by atoms with Crippen LogP contribution in [0.1, 0.15) is 43.0 Å². The normalized spacial score (nSPS) is 22.2. The Balaban J connectivity index is 2.25. The van der Waals surface area contributed by atoms with Gasteiger partial charge in [0.05, 0.1) is 11.0 Å². The Morgan fingerprint density at radius 1 is 1.35 bits per heavy atom. The summed E-state index contributed by atoms with van der Waals surface area (Å²) in [5.41, 5.74) is -0.796. The van der Waals surface area contributed by atoms with E-state index in [-0.39, 0.29) is 17.4 Å². The van der Waals surface area contributed by atoms with Crippen LogP contribution in [0.4, 0.5) is 5.69 Å². The van der Waals surface area contributed by atoms with E-state index >= 15 is 0 Å². The molecule has 1 N–H and O–H groups in total. The number of rotatable bonds is 4. The molecule has 0 saturated heterocycles. The molecule has 0 heterocycles. The average Bonchev–Trinajstić information content (AvgIpc) is 2.40. The summed E-state index contributed by atoms with van der Waals surface area (Å²) in [7, 11) is 0. The van der Waals surface area contributed by atoms with Gasteiger partial charge in [0.15, 0.2) is 5.56 Å². The summed E-state index contributed by atoms with van der Waals surface area (Å²) in [6, 6.07) is 4.11. The summed E-state index contributed by atoms with van der Waals surface area (Å²) in [6.45, 7) is 2.17. The fourth-order valence-electron chi connectivity index (χ4n) is 2.51. The Morgan fingerprint density at radius 3 is 2.55 bits per heavy atom. The number of hydrogen-bond donors (Lipinski definition) is 1. The SMILES string of the molecule is CC1CCC(Oc2cccc([N+](=O)[O-])c2C(=O)O)CC1. The molecule has 1 aliphatic carbocycles. The number of nitrogens with zero attached hydrogens (tertiary/aromatic N) is 1. The minimum atomic E-state index is -1.34. The van der Waals surface area contributed by atoms with Crippen molar-refractivity contribution in [2.45, 2.75) is 38.7 Å². The summed E-state index contributed by atoms with van der Waals surface area (Å²) in [6.07, 6.45) is 3.70. The van der Waals surface area contributed by atoms with E-state index in [1.165, 1.54) is 18.2 Å². The van der Waals surface area contributed by atoms with Gasteiger partial charge in [-0.3, -0.25) is 10.1 Å². The van der Waals surface area contributed by atoms with Crippen LogP contribution in [-0.2, 0) is 0 Å². The molecule has 0 atom stereocenters. The van der Waals surface area contributed by atoms with Gasteiger partial charge < -0.3 is 9.84 Å². The smallest absolute Gasteiger partial charge is 0.346 e. The molecule has 20 heavy (non-hydrogen) atoms. The molecule has 0 aliphatic heterocycles. The third kappa shape index (κ3) is 3.07. The van der Waals surface area contributed by atoms with Crippen LogP contribution >= 0.6 is 0 Å². The van der Waals surface area contributed by atoms with Crippen LogP contribution in [0.25, 0.3) is 0 Å². The number of hydrogen-bond acceptors (Lipinski definition) is 4. The van der Waals surface area contributed by atoms with Crippen LogP contribution < -0.4 is 4.74 Å². The van der Waals surface area contributed by atoms with Gasteiger partial charge in [-0.25, -0.2) is 4.79 Å². The molecular weight excluding hydrogens is 262 g/mol. The zero-order chi connectivity index (χ0) is 14.7. The van der Waals surface area contributed by atoms with Gasteiger partial charge >= 0.3 is 5.97 Å². The van der Waals surface area contributed by atoms with E-state index in [2.05, 4.69) is 6.92 Å². The molecule has 1 aromatic carbocycles. The summed E-state index contributed by atoms with van der Waals surface area (Å²) < 4.78 is 5.70. The first-order valence-electron chi connectivity index (χ1n) is 6.66. The standard InChI is InChI=1S/C14H17NO5/c1-9-5-7-10(8-6-9)20-12-4-2-3-11(15(18)19)13(12)14(16)17/h2-4,9-10H,5-8H2,1H3,(H,16,17). The summed E-state index contributed by atoms with van der Waals surface area (Å²) in [5.74, 6) is -0.596. The van der Waals surface area contributed by atoms with Gasteiger partial charge in [0.1, 0.15) is 5.75 Å². The van der Waals surface area contributed by atoms with Crippen molar-refractivity contribution in [2.75, 3.05) is 0 Å². The quantitative estimate of drug-likeness (QED) is 0.675. The molecular formula is C14H17NO5. The van der Waals surface area contributed by atoms with E-state index in [1.54, 1.807) is 0 Å². The molecule has 2 rings (SSSR count). The summed E-state index contributed by atoms with van der Waals surface area (Å²) >= 11 is 0. The lowest BCUT2D eigenvalue weighted by molar-refractivity contribution is -0.385. The molecule has 0 unspecified atom stereocenters. The molecule has 1 fully saturated rings. The molecule has 1 aliphatic rings. The van der Waals surface area contributed by atoms with Crippen molar-refractivity contribution >= 4 is 11.7 Å². The number of aromatic carboxylic acids is 1. The van der Waals surface area contributed by atoms with E-state index in [0.717, 1.165) is 25.7 Å². The maximum Gasteiger partial charge on any atom is 0.346 e. The van der Waals surface area contributed by atoms with Crippen molar-refractivity contribution in [3.63, 3.8) is 0 Å². The van der Waals surface area contributed by atoms with Crippen LogP contribution in [0.3, 0.4) is 0 Å². The molecule has 0 amide bonds. The second-order valence-corrected chi connectivity index (χ2v) is 5.21. The molecule has 0 bridgehead atoms. The fourth-order valence-corrected chi connectivity index (χ4v) is 2.51. The van der Waals surface area contributed by atoms with Crippen LogP contribution in [0, 0.1) is 16.0 Å².